The van der Waals surface area contributed by atoms with Crippen LogP contribution >= 0.6 is 0 Å². The second-order valence-corrected chi connectivity index (χ2v) is 12.7. The van der Waals surface area contributed by atoms with Gasteiger partial charge in [0.1, 0.15) is 11.3 Å². The molecule has 0 saturated carbocycles. The zero-order valence-corrected chi connectivity index (χ0v) is 27.5. The normalized spacial score (nSPS) is 18.3. The van der Waals surface area contributed by atoms with Crippen LogP contribution in [0.4, 0.5) is 0 Å². The van der Waals surface area contributed by atoms with Crippen LogP contribution < -0.4 is 0 Å². The number of aliphatic imine (C=N–C) groups is 2. The van der Waals surface area contributed by atoms with Gasteiger partial charge in [-0.25, -0.2) is 9.98 Å². The minimum Gasteiger partial charge on any atom is -0.460 e. The predicted molar refractivity (Wildman–Crippen MR) is 200 cm³/mol. The molecule has 3 aliphatic rings. The molecule has 0 fully saturated rings. The van der Waals surface area contributed by atoms with Crippen LogP contribution in [0.1, 0.15) is 80.4 Å². The number of nitrogens with zero attached hydrogens (tertiary/aromatic N) is 2. The maximum Gasteiger partial charge on any atom is 0.160 e. The van der Waals surface area contributed by atoms with Crippen LogP contribution in [0.15, 0.2) is 147 Å². The van der Waals surface area contributed by atoms with E-state index in [2.05, 4.69) is 111 Å². The summed E-state index contributed by atoms with van der Waals surface area (Å²) in [5, 5.41) is 1.09. The minimum atomic E-state index is 0.175. The van der Waals surface area contributed by atoms with Crippen molar-refractivity contribution >= 4 is 39.4 Å². The van der Waals surface area contributed by atoms with E-state index in [1.54, 1.807) is 5.57 Å². The SMILES string of the molecule is C=C(N=C(N=C(C)c1ccccc1)C1=CC(C2=CCCC=C2)Cc2oc3ccccc3c21)c1ccc(C2=C(CCC)CCC=C2)cc1. The molecular weight excluding hydrogens is 572 g/mol. The lowest BCUT2D eigenvalue weighted by Crippen LogP contribution is -2.16. The summed E-state index contributed by atoms with van der Waals surface area (Å²) < 4.78 is 6.54. The van der Waals surface area contributed by atoms with Crippen molar-refractivity contribution < 1.29 is 4.42 Å². The molecule has 1 atom stereocenters. The quantitative estimate of drug-likeness (QED) is 0.144. The molecule has 3 aromatic carbocycles. The van der Waals surface area contributed by atoms with Crippen LogP contribution in [0.2, 0.25) is 0 Å². The van der Waals surface area contributed by atoms with Crippen molar-refractivity contribution in [3.05, 3.63) is 161 Å². The van der Waals surface area contributed by atoms with Crippen molar-refractivity contribution in [1.29, 1.82) is 0 Å². The number of para-hydroxylation sites is 1. The second kappa shape index (κ2) is 13.8. The van der Waals surface area contributed by atoms with Crippen molar-refractivity contribution in [2.24, 2.45) is 15.9 Å². The van der Waals surface area contributed by atoms with Crippen molar-refractivity contribution in [3.63, 3.8) is 0 Å². The third-order valence-corrected chi connectivity index (χ3v) is 9.47. The first-order valence-corrected chi connectivity index (χ1v) is 17.1. The fourth-order valence-electron chi connectivity index (χ4n) is 7.04. The molecule has 3 aliphatic carbocycles. The Morgan fingerprint density at radius 1 is 0.851 bits per heavy atom. The molecular formula is C44H42N2O. The Labute approximate surface area is 278 Å². The summed E-state index contributed by atoms with van der Waals surface area (Å²) in [6, 6.07) is 27.4. The number of amidine groups is 1. The van der Waals surface area contributed by atoms with Crippen LogP contribution in [0.5, 0.6) is 0 Å². The first-order chi connectivity index (χ1) is 23.1. The van der Waals surface area contributed by atoms with Crippen LogP contribution in [0.3, 0.4) is 0 Å². The van der Waals surface area contributed by atoms with Crippen molar-refractivity contribution in [2.75, 3.05) is 0 Å². The average molecular weight is 615 g/mol. The number of fused-ring (bicyclic) bond motifs is 3. The molecule has 47 heavy (non-hydrogen) atoms. The topological polar surface area (TPSA) is 37.9 Å². The highest BCUT2D eigenvalue weighted by Crippen LogP contribution is 2.41. The minimum absolute atomic E-state index is 0.175. The summed E-state index contributed by atoms with van der Waals surface area (Å²) in [5.74, 6) is 1.82. The number of allylic oxidation sites excluding steroid dienone is 9. The first-order valence-electron chi connectivity index (χ1n) is 17.1. The summed E-state index contributed by atoms with van der Waals surface area (Å²) >= 11 is 0. The van der Waals surface area contributed by atoms with E-state index in [0.717, 1.165) is 83.2 Å². The molecule has 0 saturated heterocycles. The predicted octanol–water partition coefficient (Wildman–Crippen LogP) is 11.7. The van der Waals surface area contributed by atoms with Crippen LogP contribution in [-0.4, -0.2) is 11.5 Å². The van der Waals surface area contributed by atoms with E-state index in [-0.39, 0.29) is 5.92 Å². The fraction of sp³-hybridized carbons (Fsp3) is 0.227. The van der Waals surface area contributed by atoms with Gasteiger partial charge in [0.15, 0.2) is 5.84 Å². The van der Waals surface area contributed by atoms with E-state index in [1.165, 1.54) is 23.1 Å². The lowest BCUT2D eigenvalue weighted by Gasteiger charge is -2.23. The monoisotopic (exact) mass is 614 g/mol. The number of rotatable bonds is 8. The van der Waals surface area contributed by atoms with Crippen molar-refractivity contribution in [2.45, 2.75) is 58.8 Å². The van der Waals surface area contributed by atoms with Gasteiger partial charge in [-0.05, 0) is 72.9 Å². The number of furan rings is 1. The lowest BCUT2D eigenvalue weighted by molar-refractivity contribution is 0.520. The molecule has 1 aromatic heterocycles. The molecule has 0 spiro atoms. The molecule has 1 unspecified atom stereocenters. The highest BCUT2D eigenvalue weighted by Gasteiger charge is 2.30. The zero-order chi connectivity index (χ0) is 32.2. The third kappa shape index (κ3) is 6.49. The van der Waals surface area contributed by atoms with Gasteiger partial charge in [0.2, 0.25) is 0 Å². The van der Waals surface area contributed by atoms with E-state index >= 15 is 0 Å². The fourth-order valence-corrected chi connectivity index (χ4v) is 7.04. The van der Waals surface area contributed by atoms with Crippen LogP contribution in [0.25, 0.3) is 27.8 Å². The molecule has 0 radical (unpaired) electrons. The molecule has 0 bridgehead atoms. The maximum absolute atomic E-state index is 6.54. The van der Waals surface area contributed by atoms with Crippen molar-refractivity contribution in [3.8, 4) is 0 Å². The van der Waals surface area contributed by atoms with E-state index in [4.69, 9.17) is 14.4 Å². The average Bonchev–Trinajstić information content (AvgIpc) is 3.51. The molecule has 234 valence electrons. The standard InChI is InChI=1S/C44H42N2O/c1-4-15-35-20-11-12-21-38(35)36-26-24-33(25-27-36)31(3)46-44(45-30(2)32-16-7-5-8-17-32)40-28-37(34-18-9-6-10-19-34)29-42-43(40)39-22-13-14-23-41(39)47-42/h5,7-9,12-14,16-19,21-28,37H,3-4,6,10-11,15,20,29H2,1-2H3. The van der Waals surface area contributed by atoms with Gasteiger partial charge in [0.05, 0.1) is 5.70 Å². The number of hydrogen-bond donors (Lipinski definition) is 0. The smallest absolute Gasteiger partial charge is 0.160 e. The van der Waals surface area contributed by atoms with Gasteiger partial charge in [-0.2, -0.15) is 0 Å². The molecule has 1 heterocycles. The van der Waals surface area contributed by atoms with Gasteiger partial charge in [0, 0.05) is 34.6 Å². The molecule has 0 amide bonds. The maximum atomic E-state index is 6.54. The molecule has 0 N–H and O–H groups in total. The van der Waals surface area contributed by atoms with Gasteiger partial charge in [-0.1, -0.05) is 135 Å². The van der Waals surface area contributed by atoms with Crippen LogP contribution in [-0.2, 0) is 6.42 Å². The van der Waals surface area contributed by atoms with E-state index in [0.29, 0.717) is 11.5 Å². The summed E-state index contributed by atoms with van der Waals surface area (Å²) in [5.41, 5.74) is 12.1. The Morgan fingerprint density at radius 2 is 1.64 bits per heavy atom. The molecule has 0 aliphatic heterocycles. The van der Waals surface area contributed by atoms with Gasteiger partial charge in [-0.15, -0.1) is 0 Å². The van der Waals surface area contributed by atoms with Crippen molar-refractivity contribution in [1.82, 2.24) is 0 Å². The second-order valence-electron chi connectivity index (χ2n) is 12.7. The lowest BCUT2D eigenvalue weighted by atomic mass is 9.81. The summed E-state index contributed by atoms with van der Waals surface area (Å²) in [6.07, 6.45) is 21.4. The number of hydrogen-bond acceptors (Lipinski definition) is 2. The summed E-state index contributed by atoms with van der Waals surface area (Å²) in [4.78, 5) is 10.5. The van der Waals surface area contributed by atoms with Crippen LogP contribution in [0, 0.1) is 5.92 Å². The van der Waals surface area contributed by atoms with Gasteiger partial charge >= 0.3 is 0 Å². The first kappa shape index (κ1) is 30.6. The largest absolute Gasteiger partial charge is 0.460 e. The van der Waals surface area contributed by atoms with Gasteiger partial charge < -0.3 is 4.42 Å². The van der Waals surface area contributed by atoms with E-state index in [1.807, 2.05) is 24.3 Å². The Balaban J connectivity index is 1.34. The Bertz CT molecular complexity index is 2020. The Hall–Kier alpha value is -5.02. The zero-order valence-electron chi connectivity index (χ0n) is 27.5. The summed E-state index contributed by atoms with van der Waals surface area (Å²) in [6.45, 7) is 8.80. The number of benzene rings is 3. The highest BCUT2D eigenvalue weighted by molar-refractivity contribution is 6.30. The molecule has 7 rings (SSSR count). The molecule has 4 aromatic rings. The van der Waals surface area contributed by atoms with E-state index in [9.17, 15) is 0 Å². The summed E-state index contributed by atoms with van der Waals surface area (Å²) in [7, 11) is 0. The van der Waals surface area contributed by atoms with Gasteiger partial charge in [0.25, 0.3) is 0 Å². The molecule has 3 heteroatoms. The molecule has 3 nitrogen and oxygen atoms in total. The Kier molecular flexibility index (Phi) is 8.97. The van der Waals surface area contributed by atoms with Gasteiger partial charge in [-0.3, -0.25) is 0 Å². The Morgan fingerprint density at radius 3 is 2.43 bits per heavy atom. The highest BCUT2D eigenvalue weighted by atomic mass is 16.3. The third-order valence-electron chi connectivity index (χ3n) is 9.47. The van der Waals surface area contributed by atoms with E-state index < -0.39 is 0 Å².